The van der Waals surface area contributed by atoms with Gasteiger partial charge in [0.1, 0.15) is 0 Å². The Kier molecular flexibility index (Phi) is 4.63. The van der Waals surface area contributed by atoms with E-state index in [9.17, 15) is 0 Å². The zero-order valence-electron chi connectivity index (χ0n) is 9.86. The zero-order valence-corrected chi connectivity index (χ0v) is 12.2. The van der Waals surface area contributed by atoms with Crippen LogP contribution < -0.4 is 5.32 Å². The molecule has 0 saturated heterocycles. The number of methoxy groups -OCH3 is 1. The van der Waals surface area contributed by atoms with Gasteiger partial charge in [0.2, 0.25) is 5.95 Å². The summed E-state index contributed by atoms with van der Waals surface area (Å²) in [6.45, 7) is 1.33. The van der Waals surface area contributed by atoms with Gasteiger partial charge < -0.3 is 10.1 Å². The fourth-order valence-electron chi connectivity index (χ4n) is 1.57. The Morgan fingerprint density at radius 2 is 2.33 bits per heavy atom. The van der Waals surface area contributed by atoms with E-state index >= 15 is 0 Å². The molecule has 2 aromatic rings. The van der Waals surface area contributed by atoms with Crippen LogP contribution in [0.25, 0.3) is 5.69 Å². The van der Waals surface area contributed by atoms with Crippen molar-refractivity contribution in [2.75, 3.05) is 25.6 Å². The summed E-state index contributed by atoms with van der Waals surface area (Å²) >= 11 is 9.57. The van der Waals surface area contributed by atoms with Crippen molar-refractivity contribution in [3.63, 3.8) is 0 Å². The zero-order chi connectivity index (χ0) is 13.0. The smallest absolute Gasteiger partial charge is 0.207 e. The fraction of sp³-hybridized carbons (Fsp3) is 0.250. The highest BCUT2D eigenvalue weighted by atomic mass is 79.9. The number of anilines is 1. The monoisotopic (exact) mass is 329 g/mol. The Balaban J connectivity index is 2.28. The van der Waals surface area contributed by atoms with Crippen LogP contribution in [0.1, 0.15) is 0 Å². The Labute approximate surface area is 119 Å². The van der Waals surface area contributed by atoms with Crippen LogP contribution in [0.15, 0.2) is 35.1 Å². The third kappa shape index (κ3) is 2.85. The molecule has 0 radical (unpaired) electrons. The lowest BCUT2D eigenvalue weighted by Crippen LogP contribution is -2.11. The molecule has 6 heteroatoms. The summed E-state index contributed by atoms with van der Waals surface area (Å²) in [7, 11) is 1.67. The molecule has 0 saturated carbocycles. The number of rotatable bonds is 5. The lowest BCUT2D eigenvalue weighted by Gasteiger charge is -2.11. The summed E-state index contributed by atoms with van der Waals surface area (Å²) in [5, 5.41) is 3.87. The first-order valence-corrected chi connectivity index (χ1v) is 6.61. The van der Waals surface area contributed by atoms with E-state index < -0.39 is 0 Å². The minimum absolute atomic E-state index is 0.629. The average Bonchev–Trinajstić information content (AvgIpc) is 2.81. The first-order valence-electron chi connectivity index (χ1n) is 5.44. The largest absolute Gasteiger partial charge is 0.383 e. The van der Waals surface area contributed by atoms with Crippen molar-refractivity contribution in [2.45, 2.75) is 0 Å². The predicted molar refractivity (Wildman–Crippen MR) is 76.6 cm³/mol. The average molecular weight is 331 g/mol. The van der Waals surface area contributed by atoms with Crippen LogP contribution >= 0.6 is 27.5 Å². The molecule has 18 heavy (non-hydrogen) atoms. The summed E-state index contributed by atoms with van der Waals surface area (Å²) in [5.74, 6) is 0.759. The van der Waals surface area contributed by atoms with E-state index in [4.69, 9.17) is 16.3 Å². The lowest BCUT2D eigenvalue weighted by atomic mass is 10.3. The maximum atomic E-state index is 6.09. The minimum Gasteiger partial charge on any atom is -0.383 e. The van der Waals surface area contributed by atoms with Crippen molar-refractivity contribution in [1.29, 1.82) is 0 Å². The molecule has 0 aliphatic rings. The number of hydrogen-bond donors (Lipinski definition) is 1. The first-order chi connectivity index (χ1) is 8.74. The molecule has 0 aliphatic heterocycles. The van der Waals surface area contributed by atoms with E-state index in [-0.39, 0.29) is 0 Å². The maximum absolute atomic E-state index is 6.09. The van der Waals surface area contributed by atoms with Crippen molar-refractivity contribution < 1.29 is 4.74 Å². The summed E-state index contributed by atoms with van der Waals surface area (Å²) in [6, 6.07) is 5.71. The van der Waals surface area contributed by atoms with Gasteiger partial charge in [-0.2, -0.15) is 0 Å². The highest BCUT2D eigenvalue weighted by Gasteiger charge is 2.09. The number of nitrogens with one attached hydrogen (secondary N) is 1. The molecule has 1 aromatic heterocycles. The van der Waals surface area contributed by atoms with Crippen molar-refractivity contribution in [1.82, 2.24) is 9.55 Å². The number of benzene rings is 1. The Morgan fingerprint density at radius 1 is 1.50 bits per heavy atom. The van der Waals surface area contributed by atoms with Crippen molar-refractivity contribution in [3.8, 4) is 5.69 Å². The molecule has 1 aromatic carbocycles. The third-order valence-corrected chi connectivity index (χ3v) is 3.80. The second-order valence-corrected chi connectivity index (χ2v) is 4.81. The van der Waals surface area contributed by atoms with Crippen LogP contribution in [-0.2, 0) is 4.74 Å². The molecule has 0 unspecified atom stereocenters. The van der Waals surface area contributed by atoms with Gasteiger partial charge in [-0.3, -0.25) is 4.57 Å². The van der Waals surface area contributed by atoms with Crippen LogP contribution in [0, 0.1) is 0 Å². The van der Waals surface area contributed by atoms with Gasteiger partial charge in [-0.15, -0.1) is 0 Å². The topological polar surface area (TPSA) is 39.1 Å². The minimum atomic E-state index is 0.629. The molecule has 0 atom stereocenters. The van der Waals surface area contributed by atoms with E-state index in [1.165, 1.54) is 0 Å². The van der Waals surface area contributed by atoms with Crippen LogP contribution in [0.4, 0.5) is 5.95 Å². The summed E-state index contributed by atoms with van der Waals surface area (Å²) in [4.78, 5) is 4.27. The van der Waals surface area contributed by atoms with E-state index in [2.05, 4.69) is 26.2 Å². The molecule has 0 fully saturated rings. The molecule has 2 rings (SSSR count). The lowest BCUT2D eigenvalue weighted by molar-refractivity contribution is 0.210. The predicted octanol–water partition coefficient (Wildman–Crippen LogP) is 3.35. The van der Waals surface area contributed by atoms with E-state index in [0.29, 0.717) is 18.2 Å². The van der Waals surface area contributed by atoms with Gasteiger partial charge >= 0.3 is 0 Å². The van der Waals surface area contributed by atoms with Crippen LogP contribution in [0.3, 0.4) is 0 Å². The molecule has 0 spiro atoms. The normalized spacial score (nSPS) is 10.6. The molecule has 1 N–H and O–H groups in total. The molecule has 0 aliphatic carbocycles. The highest BCUT2D eigenvalue weighted by molar-refractivity contribution is 9.10. The summed E-state index contributed by atoms with van der Waals surface area (Å²) in [5.41, 5.74) is 0.944. The number of halogens is 2. The molecule has 1 heterocycles. The summed E-state index contributed by atoms with van der Waals surface area (Å²) < 4.78 is 7.78. The molecule has 4 nitrogen and oxygen atoms in total. The number of aromatic nitrogens is 2. The molecule has 0 bridgehead atoms. The Hall–Kier alpha value is -1.04. The van der Waals surface area contributed by atoms with Gasteiger partial charge in [0.15, 0.2) is 0 Å². The van der Waals surface area contributed by atoms with Gasteiger partial charge in [0.25, 0.3) is 0 Å². The van der Waals surface area contributed by atoms with Crippen LogP contribution in [0.5, 0.6) is 0 Å². The molecule has 0 amide bonds. The second-order valence-electron chi connectivity index (χ2n) is 3.61. The van der Waals surface area contributed by atoms with Gasteiger partial charge in [0.05, 0.1) is 21.8 Å². The Morgan fingerprint density at radius 3 is 3.11 bits per heavy atom. The number of imidazole rings is 1. The van der Waals surface area contributed by atoms with Gasteiger partial charge in [-0.05, 0) is 28.1 Å². The standard InChI is InChI=1S/C12H13BrClN3O/c1-18-8-6-16-12-15-5-7-17(12)10-4-2-3-9(14)11(10)13/h2-5,7H,6,8H2,1H3,(H,15,16). The van der Waals surface area contributed by atoms with E-state index in [1.807, 2.05) is 29.0 Å². The highest BCUT2D eigenvalue weighted by Crippen LogP contribution is 2.30. The molecule has 96 valence electrons. The Bertz CT molecular complexity index is 530. The van der Waals surface area contributed by atoms with Crippen LogP contribution in [0.2, 0.25) is 5.02 Å². The quantitative estimate of drug-likeness (QED) is 0.855. The summed E-state index contributed by atoms with van der Waals surface area (Å²) in [6.07, 6.45) is 3.62. The van der Waals surface area contributed by atoms with E-state index in [0.717, 1.165) is 16.1 Å². The second kappa shape index (κ2) is 6.22. The van der Waals surface area contributed by atoms with Gasteiger partial charge in [0, 0.05) is 26.0 Å². The number of hydrogen-bond acceptors (Lipinski definition) is 3. The number of ether oxygens (including phenoxy) is 1. The van der Waals surface area contributed by atoms with Crippen molar-refractivity contribution >= 4 is 33.5 Å². The maximum Gasteiger partial charge on any atom is 0.207 e. The van der Waals surface area contributed by atoms with E-state index in [1.54, 1.807) is 13.3 Å². The first kappa shape index (κ1) is 13.4. The van der Waals surface area contributed by atoms with Crippen molar-refractivity contribution in [2.24, 2.45) is 0 Å². The third-order valence-electron chi connectivity index (χ3n) is 2.42. The number of nitrogens with zero attached hydrogens (tertiary/aromatic N) is 2. The van der Waals surface area contributed by atoms with Crippen LogP contribution in [-0.4, -0.2) is 29.8 Å². The van der Waals surface area contributed by atoms with Gasteiger partial charge in [-0.1, -0.05) is 17.7 Å². The SMILES string of the molecule is COCCNc1nccn1-c1cccc(Cl)c1Br. The fourth-order valence-corrected chi connectivity index (χ4v) is 2.20. The molecular formula is C12H13BrClN3O. The molecular weight excluding hydrogens is 318 g/mol. The van der Waals surface area contributed by atoms with Gasteiger partial charge in [-0.25, -0.2) is 4.98 Å². The van der Waals surface area contributed by atoms with Crippen molar-refractivity contribution in [3.05, 3.63) is 40.1 Å².